The first kappa shape index (κ1) is 20.7. The zero-order chi connectivity index (χ0) is 20.0. The van der Waals surface area contributed by atoms with E-state index in [1.807, 2.05) is 18.7 Å². The molecule has 2 aromatic rings. The second-order valence-electron chi connectivity index (χ2n) is 6.72. The monoisotopic (exact) mass is 393 g/mol. The summed E-state index contributed by atoms with van der Waals surface area (Å²) in [5, 5.41) is 22.8. The van der Waals surface area contributed by atoms with E-state index < -0.39 is 4.92 Å². The minimum absolute atomic E-state index is 0.0143. The SMILES string of the molecule is CC(C)N(Cc1nnc(-c2ccc([N+](=O)[O-])cc2)o1)C(=S)NCC[NH+](C)C. The third-order valence-electron chi connectivity index (χ3n) is 3.88. The molecule has 1 aromatic heterocycles. The summed E-state index contributed by atoms with van der Waals surface area (Å²) in [4.78, 5) is 13.6. The zero-order valence-corrected chi connectivity index (χ0v) is 16.7. The second kappa shape index (κ2) is 9.38. The Bertz CT molecular complexity index is 775. The predicted molar refractivity (Wildman–Crippen MR) is 105 cm³/mol. The molecule has 27 heavy (non-hydrogen) atoms. The molecule has 0 aliphatic carbocycles. The van der Waals surface area contributed by atoms with Crippen molar-refractivity contribution in [3.63, 3.8) is 0 Å². The van der Waals surface area contributed by atoms with Gasteiger partial charge < -0.3 is 19.5 Å². The molecule has 1 heterocycles. The highest BCUT2D eigenvalue weighted by atomic mass is 32.1. The van der Waals surface area contributed by atoms with Gasteiger partial charge in [-0.05, 0) is 38.2 Å². The number of hydrogen-bond acceptors (Lipinski definition) is 6. The van der Waals surface area contributed by atoms with Crippen LogP contribution in [0.25, 0.3) is 11.5 Å². The number of rotatable bonds is 8. The number of aromatic nitrogens is 2. The molecular weight excluding hydrogens is 368 g/mol. The summed E-state index contributed by atoms with van der Waals surface area (Å²) in [6.07, 6.45) is 0. The molecule has 1 aromatic carbocycles. The summed E-state index contributed by atoms with van der Waals surface area (Å²) < 4.78 is 5.72. The topological polar surface area (TPSA) is 102 Å². The van der Waals surface area contributed by atoms with E-state index in [1.54, 1.807) is 12.1 Å². The third-order valence-corrected chi connectivity index (χ3v) is 4.26. The minimum Gasteiger partial charge on any atom is -0.419 e. The average molecular weight is 393 g/mol. The Morgan fingerprint density at radius 1 is 1.33 bits per heavy atom. The van der Waals surface area contributed by atoms with Crippen molar-refractivity contribution in [2.24, 2.45) is 0 Å². The highest BCUT2D eigenvalue weighted by Gasteiger charge is 2.18. The van der Waals surface area contributed by atoms with E-state index in [1.165, 1.54) is 17.0 Å². The molecule has 2 rings (SSSR count). The van der Waals surface area contributed by atoms with Gasteiger partial charge in [-0.2, -0.15) is 0 Å². The minimum atomic E-state index is -0.449. The van der Waals surface area contributed by atoms with Gasteiger partial charge in [-0.1, -0.05) is 0 Å². The second-order valence-corrected chi connectivity index (χ2v) is 7.10. The number of nitrogens with zero attached hydrogens (tertiary/aromatic N) is 4. The lowest BCUT2D eigenvalue weighted by molar-refractivity contribution is -0.856. The first-order valence-electron chi connectivity index (χ1n) is 8.68. The molecule has 10 heteroatoms. The van der Waals surface area contributed by atoms with Gasteiger partial charge in [0.2, 0.25) is 11.8 Å². The van der Waals surface area contributed by atoms with Gasteiger partial charge in [0.1, 0.15) is 0 Å². The van der Waals surface area contributed by atoms with E-state index in [2.05, 4.69) is 29.6 Å². The van der Waals surface area contributed by atoms with Crippen molar-refractivity contribution < 1.29 is 14.2 Å². The Hall–Kier alpha value is -2.59. The van der Waals surface area contributed by atoms with Crippen LogP contribution in [-0.4, -0.2) is 58.4 Å². The molecule has 0 unspecified atom stereocenters. The maximum absolute atomic E-state index is 10.7. The smallest absolute Gasteiger partial charge is 0.269 e. The highest BCUT2D eigenvalue weighted by Crippen LogP contribution is 2.21. The van der Waals surface area contributed by atoms with Crippen LogP contribution >= 0.6 is 12.2 Å². The normalized spacial score (nSPS) is 11.0. The Balaban J connectivity index is 2.04. The Morgan fingerprint density at radius 2 is 2.00 bits per heavy atom. The number of nitro benzene ring substituents is 1. The van der Waals surface area contributed by atoms with Gasteiger partial charge in [0.05, 0.1) is 38.7 Å². The van der Waals surface area contributed by atoms with E-state index >= 15 is 0 Å². The molecule has 0 aliphatic rings. The van der Waals surface area contributed by atoms with Crippen LogP contribution in [0.1, 0.15) is 19.7 Å². The highest BCUT2D eigenvalue weighted by molar-refractivity contribution is 7.80. The number of thiocarbonyl (C=S) groups is 1. The molecule has 0 fully saturated rings. The maximum Gasteiger partial charge on any atom is 0.269 e. The van der Waals surface area contributed by atoms with Gasteiger partial charge in [-0.25, -0.2) is 0 Å². The lowest BCUT2D eigenvalue weighted by atomic mass is 10.2. The van der Waals surface area contributed by atoms with E-state index in [9.17, 15) is 10.1 Å². The summed E-state index contributed by atoms with van der Waals surface area (Å²) in [7, 11) is 4.17. The van der Waals surface area contributed by atoms with Crippen LogP contribution in [0.2, 0.25) is 0 Å². The van der Waals surface area contributed by atoms with Crippen molar-refractivity contribution in [3.05, 3.63) is 40.3 Å². The fourth-order valence-electron chi connectivity index (χ4n) is 2.32. The van der Waals surface area contributed by atoms with Crippen molar-refractivity contribution >= 4 is 23.0 Å². The number of hydrogen-bond donors (Lipinski definition) is 2. The fourth-order valence-corrected chi connectivity index (χ4v) is 2.69. The summed E-state index contributed by atoms with van der Waals surface area (Å²) in [5.41, 5.74) is 0.644. The number of likely N-dealkylation sites (N-methyl/N-ethyl adjacent to an activating group) is 1. The van der Waals surface area contributed by atoms with Crippen LogP contribution in [0.4, 0.5) is 5.69 Å². The average Bonchev–Trinajstić information content (AvgIpc) is 3.07. The summed E-state index contributed by atoms with van der Waals surface area (Å²) in [6.45, 7) is 6.20. The van der Waals surface area contributed by atoms with Crippen molar-refractivity contribution in [2.75, 3.05) is 27.2 Å². The fraction of sp³-hybridized carbons (Fsp3) is 0.471. The molecule has 0 saturated carbocycles. The van der Waals surface area contributed by atoms with Crippen LogP contribution in [0, 0.1) is 10.1 Å². The Morgan fingerprint density at radius 3 is 2.56 bits per heavy atom. The molecule has 0 saturated heterocycles. The van der Waals surface area contributed by atoms with Crippen LogP contribution in [0.5, 0.6) is 0 Å². The lowest BCUT2D eigenvalue weighted by Gasteiger charge is -2.28. The summed E-state index contributed by atoms with van der Waals surface area (Å²) >= 11 is 5.49. The van der Waals surface area contributed by atoms with Crippen LogP contribution in [0.3, 0.4) is 0 Å². The van der Waals surface area contributed by atoms with Crippen LogP contribution < -0.4 is 10.2 Å². The maximum atomic E-state index is 10.7. The summed E-state index contributed by atoms with van der Waals surface area (Å²) in [5.74, 6) is 0.748. The molecule has 2 N–H and O–H groups in total. The number of nitrogens with one attached hydrogen (secondary N) is 2. The predicted octanol–water partition coefficient (Wildman–Crippen LogP) is 0.874. The third kappa shape index (κ3) is 5.97. The van der Waals surface area contributed by atoms with Gasteiger partial charge in [-0.15, -0.1) is 10.2 Å². The zero-order valence-electron chi connectivity index (χ0n) is 15.9. The number of quaternary nitrogens is 1. The molecule has 0 bridgehead atoms. The van der Waals surface area contributed by atoms with E-state index in [0.29, 0.717) is 29.0 Å². The largest absolute Gasteiger partial charge is 0.419 e. The van der Waals surface area contributed by atoms with E-state index in [4.69, 9.17) is 16.6 Å². The van der Waals surface area contributed by atoms with E-state index in [-0.39, 0.29) is 11.7 Å². The molecule has 0 radical (unpaired) electrons. The van der Waals surface area contributed by atoms with Crippen molar-refractivity contribution in [3.8, 4) is 11.5 Å². The number of nitro groups is 1. The first-order valence-corrected chi connectivity index (χ1v) is 9.09. The molecule has 0 atom stereocenters. The van der Waals surface area contributed by atoms with Gasteiger partial charge >= 0.3 is 0 Å². The number of benzene rings is 1. The van der Waals surface area contributed by atoms with Crippen LogP contribution in [0.15, 0.2) is 28.7 Å². The molecular formula is C17H25N6O3S+. The van der Waals surface area contributed by atoms with Gasteiger partial charge in [0, 0.05) is 23.7 Å². The van der Waals surface area contributed by atoms with Crippen molar-refractivity contribution in [2.45, 2.75) is 26.4 Å². The van der Waals surface area contributed by atoms with Crippen molar-refractivity contribution in [1.29, 1.82) is 0 Å². The van der Waals surface area contributed by atoms with Gasteiger partial charge in [-0.3, -0.25) is 10.1 Å². The Kier molecular flexibility index (Phi) is 7.19. The quantitative estimate of drug-likeness (QED) is 0.387. The van der Waals surface area contributed by atoms with Crippen molar-refractivity contribution in [1.82, 2.24) is 20.4 Å². The molecule has 9 nitrogen and oxygen atoms in total. The lowest BCUT2D eigenvalue weighted by Crippen LogP contribution is -3.06. The summed E-state index contributed by atoms with van der Waals surface area (Å²) in [6, 6.07) is 6.15. The molecule has 0 aliphatic heterocycles. The molecule has 0 amide bonds. The molecule has 146 valence electrons. The molecule has 0 spiro atoms. The number of non-ortho nitro benzene ring substituents is 1. The van der Waals surface area contributed by atoms with Gasteiger partial charge in [0.15, 0.2) is 5.11 Å². The standard InChI is InChI=1S/C17H24N6O3S/c1-12(2)22(17(27)18-9-10-21(3)4)11-15-19-20-16(26-15)13-5-7-14(8-6-13)23(24)25/h5-8,12H,9-11H2,1-4H3,(H,18,27)/p+1. The van der Waals surface area contributed by atoms with Gasteiger partial charge in [0.25, 0.3) is 5.69 Å². The van der Waals surface area contributed by atoms with Crippen LogP contribution in [-0.2, 0) is 6.54 Å². The first-order chi connectivity index (χ1) is 12.8. The Labute approximate surface area is 163 Å². The van der Waals surface area contributed by atoms with E-state index in [0.717, 1.165) is 13.1 Å².